The Bertz CT molecular complexity index is 883. The number of Topliss-reactive ketones (excluding diaryl/α,β-unsaturated/α-hetero) is 1. The normalized spacial score (nSPS) is 12.3. The summed E-state index contributed by atoms with van der Waals surface area (Å²) in [6.45, 7) is 3.96. The van der Waals surface area contributed by atoms with E-state index >= 15 is 0 Å². The molecule has 1 atom stereocenters. The van der Waals surface area contributed by atoms with Crippen LogP contribution in [0.2, 0.25) is 0 Å². The van der Waals surface area contributed by atoms with Gasteiger partial charge in [0.25, 0.3) is 5.91 Å². The fourth-order valence-electron chi connectivity index (χ4n) is 2.79. The highest BCUT2D eigenvalue weighted by Gasteiger charge is 2.28. The molecule has 9 heteroatoms. The number of carbonyl (C=O) groups is 2. The van der Waals surface area contributed by atoms with Gasteiger partial charge in [-0.15, -0.1) is 0 Å². The number of carbonyl (C=O) groups excluding carboxylic acids is 2. The minimum atomic E-state index is -4.44. The van der Waals surface area contributed by atoms with E-state index < -0.39 is 18.8 Å². The maximum absolute atomic E-state index is 12.7. The molecule has 162 valence electrons. The van der Waals surface area contributed by atoms with Crippen molar-refractivity contribution in [3.63, 3.8) is 0 Å². The number of alkyl halides is 3. The van der Waals surface area contributed by atoms with Crippen LogP contribution < -0.4 is 10.1 Å². The summed E-state index contributed by atoms with van der Waals surface area (Å²) in [4.78, 5) is 32.6. The number of amides is 1. The van der Waals surface area contributed by atoms with E-state index in [1.807, 2.05) is 6.92 Å². The molecular weight excluding hydrogens is 399 g/mol. The molecule has 0 aliphatic heterocycles. The Morgan fingerprint density at radius 3 is 2.50 bits per heavy atom. The number of nitrogens with one attached hydrogen (secondary N) is 1. The predicted octanol–water partition coefficient (Wildman–Crippen LogP) is 4.13. The molecule has 30 heavy (non-hydrogen) atoms. The molecular formula is C21H24F3N3O3. The number of hydrogen-bond donors (Lipinski definition) is 1. The summed E-state index contributed by atoms with van der Waals surface area (Å²) in [6.07, 6.45) is -1.96. The van der Waals surface area contributed by atoms with Crippen LogP contribution in [-0.4, -0.2) is 34.4 Å². The van der Waals surface area contributed by atoms with Crippen LogP contribution in [0, 0.1) is 6.92 Å². The van der Waals surface area contributed by atoms with Crippen molar-refractivity contribution in [2.45, 2.75) is 52.3 Å². The Hall–Kier alpha value is -2.97. The average molecular weight is 423 g/mol. The van der Waals surface area contributed by atoms with Gasteiger partial charge in [-0.05, 0) is 31.0 Å². The number of aryl methyl sites for hydroxylation is 1. The van der Waals surface area contributed by atoms with Crippen molar-refractivity contribution >= 4 is 11.7 Å². The number of hydrogen-bond acceptors (Lipinski definition) is 5. The van der Waals surface area contributed by atoms with Crippen molar-refractivity contribution in [3.8, 4) is 5.88 Å². The van der Waals surface area contributed by atoms with Crippen molar-refractivity contribution < 1.29 is 27.5 Å². The van der Waals surface area contributed by atoms with Gasteiger partial charge >= 0.3 is 6.18 Å². The van der Waals surface area contributed by atoms with Crippen LogP contribution in [0.1, 0.15) is 60.0 Å². The van der Waals surface area contributed by atoms with E-state index in [0.29, 0.717) is 35.4 Å². The van der Waals surface area contributed by atoms with E-state index in [2.05, 4.69) is 20.0 Å². The third-order valence-corrected chi connectivity index (χ3v) is 4.30. The van der Waals surface area contributed by atoms with Crippen LogP contribution >= 0.6 is 0 Å². The lowest BCUT2D eigenvalue weighted by Gasteiger charge is -2.18. The summed E-state index contributed by atoms with van der Waals surface area (Å²) >= 11 is 0. The summed E-state index contributed by atoms with van der Waals surface area (Å²) in [7, 11) is 0. The van der Waals surface area contributed by atoms with Gasteiger partial charge in [0, 0.05) is 42.1 Å². The van der Waals surface area contributed by atoms with Gasteiger partial charge in [0.05, 0.1) is 6.04 Å². The highest BCUT2D eigenvalue weighted by atomic mass is 19.4. The molecule has 2 aromatic heterocycles. The molecule has 6 nitrogen and oxygen atoms in total. The molecule has 0 saturated carbocycles. The molecule has 0 radical (unpaired) electrons. The second-order valence-electron chi connectivity index (χ2n) is 6.83. The van der Waals surface area contributed by atoms with Gasteiger partial charge in [0.2, 0.25) is 5.88 Å². The number of halogens is 3. The standard InChI is InChI=1S/C21H24F3N3O3/c1-4-17(28)10-16-9-15(8-13(3)26-16)20(29)27-18(5-2)14-6-7-19(25-11-14)30-12-21(22,23)24/h6-9,11,18H,4-5,10,12H2,1-3H3,(H,27,29). The monoisotopic (exact) mass is 423 g/mol. The molecule has 1 unspecified atom stereocenters. The van der Waals surface area contributed by atoms with Gasteiger partial charge < -0.3 is 10.1 Å². The molecule has 2 aromatic rings. The molecule has 0 spiro atoms. The minimum Gasteiger partial charge on any atom is -0.468 e. The van der Waals surface area contributed by atoms with Gasteiger partial charge in [0.1, 0.15) is 5.78 Å². The zero-order valence-electron chi connectivity index (χ0n) is 17.0. The first-order valence-electron chi connectivity index (χ1n) is 9.57. The fourth-order valence-corrected chi connectivity index (χ4v) is 2.79. The predicted molar refractivity (Wildman–Crippen MR) is 104 cm³/mol. The van der Waals surface area contributed by atoms with Crippen LogP contribution in [0.4, 0.5) is 13.2 Å². The first-order valence-corrected chi connectivity index (χ1v) is 9.57. The van der Waals surface area contributed by atoms with Crippen molar-refractivity contribution in [1.29, 1.82) is 0 Å². The highest BCUT2D eigenvalue weighted by molar-refractivity contribution is 5.95. The van der Waals surface area contributed by atoms with E-state index in [4.69, 9.17) is 0 Å². The Morgan fingerprint density at radius 1 is 1.20 bits per heavy atom. The zero-order chi connectivity index (χ0) is 22.3. The molecule has 2 heterocycles. The summed E-state index contributed by atoms with van der Waals surface area (Å²) in [5, 5.41) is 2.88. The second kappa shape index (κ2) is 10.2. The van der Waals surface area contributed by atoms with Crippen molar-refractivity contribution in [2.75, 3.05) is 6.61 Å². The maximum atomic E-state index is 12.7. The lowest BCUT2D eigenvalue weighted by atomic mass is 10.0. The van der Waals surface area contributed by atoms with Crippen molar-refractivity contribution in [2.24, 2.45) is 0 Å². The van der Waals surface area contributed by atoms with Gasteiger partial charge in [0.15, 0.2) is 6.61 Å². The number of aromatic nitrogens is 2. The SMILES string of the molecule is CCC(=O)Cc1cc(C(=O)NC(CC)c2ccc(OCC(F)(F)F)nc2)cc(C)n1. The Balaban J connectivity index is 2.10. The molecule has 0 saturated heterocycles. The average Bonchev–Trinajstić information content (AvgIpc) is 2.69. The lowest BCUT2D eigenvalue weighted by molar-refractivity contribution is -0.154. The van der Waals surface area contributed by atoms with Gasteiger partial charge in [-0.2, -0.15) is 13.2 Å². The first-order chi connectivity index (χ1) is 14.1. The van der Waals surface area contributed by atoms with Crippen LogP contribution in [0.5, 0.6) is 5.88 Å². The number of ketones is 1. The smallest absolute Gasteiger partial charge is 0.422 e. The molecule has 0 fully saturated rings. The molecule has 1 N–H and O–H groups in total. The molecule has 2 rings (SSSR count). The van der Waals surface area contributed by atoms with E-state index in [1.54, 1.807) is 32.0 Å². The fraction of sp³-hybridized carbons (Fsp3) is 0.429. The summed E-state index contributed by atoms with van der Waals surface area (Å²) in [6, 6.07) is 5.73. The van der Waals surface area contributed by atoms with E-state index in [9.17, 15) is 22.8 Å². The summed E-state index contributed by atoms with van der Waals surface area (Å²) in [5.41, 5.74) is 2.19. The van der Waals surface area contributed by atoms with Crippen LogP contribution in [0.15, 0.2) is 30.5 Å². The molecule has 0 bridgehead atoms. The highest BCUT2D eigenvalue weighted by Crippen LogP contribution is 2.21. The summed E-state index contributed by atoms with van der Waals surface area (Å²) in [5.74, 6) is -0.452. The van der Waals surface area contributed by atoms with Crippen molar-refractivity contribution in [3.05, 3.63) is 53.0 Å². The van der Waals surface area contributed by atoms with Gasteiger partial charge in [-0.3, -0.25) is 14.6 Å². The number of rotatable bonds is 9. The maximum Gasteiger partial charge on any atom is 0.422 e. The summed E-state index contributed by atoms with van der Waals surface area (Å²) < 4.78 is 41.3. The first kappa shape index (κ1) is 23.3. The number of pyridine rings is 2. The zero-order valence-corrected chi connectivity index (χ0v) is 17.0. The largest absolute Gasteiger partial charge is 0.468 e. The molecule has 0 aliphatic carbocycles. The van der Waals surface area contributed by atoms with Crippen LogP contribution in [0.3, 0.4) is 0 Å². The van der Waals surface area contributed by atoms with Gasteiger partial charge in [-0.1, -0.05) is 19.9 Å². The molecule has 0 aliphatic rings. The van der Waals surface area contributed by atoms with Gasteiger partial charge in [-0.25, -0.2) is 4.98 Å². The quantitative estimate of drug-likeness (QED) is 0.656. The Labute approximate surface area is 172 Å². The minimum absolute atomic E-state index is 0.0322. The Kier molecular flexibility index (Phi) is 7.91. The number of nitrogens with zero attached hydrogens (tertiary/aromatic N) is 2. The molecule has 1 amide bonds. The topological polar surface area (TPSA) is 81.2 Å². The number of ether oxygens (including phenoxy) is 1. The van der Waals surface area contributed by atoms with Crippen molar-refractivity contribution in [1.82, 2.24) is 15.3 Å². The van der Waals surface area contributed by atoms with Crippen LogP contribution in [0.25, 0.3) is 0 Å². The third-order valence-electron chi connectivity index (χ3n) is 4.30. The third kappa shape index (κ3) is 7.13. The molecule has 0 aromatic carbocycles. The second-order valence-corrected chi connectivity index (χ2v) is 6.83. The lowest BCUT2D eigenvalue weighted by Crippen LogP contribution is -2.28. The van der Waals surface area contributed by atoms with E-state index in [-0.39, 0.29) is 24.0 Å². The van der Waals surface area contributed by atoms with E-state index in [0.717, 1.165) is 0 Å². The van der Waals surface area contributed by atoms with E-state index in [1.165, 1.54) is 12.3 Å². The van der Waals surface area contributed by atoms with Crippen LogP contribution in [-0.2, 0) is 11.2 Å². The Morgan fingerprint density at radius 2 is 1.93 bits per heavy atom.